The number of furan rings is 1. The summed E-state index contributed by atoms with van der Waals surface area (Å²) in [7, 11) is 0. The average Bonchev–Trinajstić information content (AvgIpc) is 3.00. The molecule has 25 heavy (non-hydrogen) atoms. The summed E-state index contributed by atoms with van der Waals surface area (Å²) in [4.78, 5) is 26.7. The van der Waals surface area contributed by atoms with E-state index in [1.807, 2.05) is 0 Å². The van der Waals surface area contributed by atoms with Crippen LogP contribution in [0.5, 0.6) is 0 Å². The van der Waals surface area contributed by atoms with Crippen molar-refractivity contribution in [3.05, 3.63) is 28.0 Å². The van der Waals surface area contributed by atoms with Crippen LogP contribution in [0.4, 0.5) is 5.88 Å². The zero-order valence-electron chi connectivity index (χ0n) is 15.3. The number of nitrogens with zero attached hydrogens (tertiary/aromatic N) is 1. The largest absolute Gasteiger partial charge is 0.433 e. The second-order valence-corrected chi connectivity index (χ2v) is 8.84. The lowest BCUT2D eigenvalue weighted by Crippen LogP contribution is -3.41. The van der Waals surface area contributed by atoms with Gasteiger partial charge in [0.15, 0.2) is 5.78 Å². The monoisotopic (exact) mass is 349 g/mol. The number of nitro groups is 1. The Morgan fingerprint density at radius 3 is 1.92 bits per heavy atom. The number of ketones is 1. The summed E-state index contributed by atoms with van der Waals surface area (Å²) in [6.45, 7) is 11.9. The Balaban J connectivity index is 1.76. The van der Waals surface area contributed by atoms with Gasteiger partial charge in [0.25, 0.3) is 6.17 Å². The van der Waals surface area contributed by atoms with Gasteiger partial charge in [-0.3, -0.25) is 24.7 Å². The van der Waals surface area contributed by atoms with Gasteiger partial charge in [0.1, 0.15) is 41.9 Å². The predicted octanol–water partition coefficient (Wildman–Crippen LogP) is -0.149. The second-order valence-electron chi connectivity index (χ2n) is 8.84. The fourth-order valence-electron chi connectivity index (χ4n) is 5.72. The number of carbonyl (C=O) groups is 1. The summed E-state index contributed by atoms with van der Waals surface area (Å²) in [5, 5.41) is 11.0. The molecule has 136 valence electrons. The highest BCUT2D eigenvalue weighted by Crippen LogP contribution is 2.45. The first-order chi connectivity index (χ1) is 11.7. The molecule has 4 aliphatic heterocycles. The maximum absolute atomic E-state index is 13.5. The minimum Gasteiger partial charge on any atom is -0.392 e. The van der Waals surface area contributed by atoms with Gasteiger partial charge in [-0.2, -0.15) is 0 Å². The van der Waals surface area contributed by atoms with Crippen LogP contribution in [-0.2, 0) is 4.79 Å². The van der Waals surface area contributed by atoms with Crippen LogP contribution in [0.25, 0.3) is 0 Å². The summed E-state index contributed by atoms with van der Waals surface area (Å²) in [6.07, 6.45) is 0.0561. The topological polar surface area (TPSA) is 82.2 Å². The van der Waals surface area contributed by atoms with Crippen molar-refractivity contribution in [3.8, 4) is 0 Å². The number of hydrogen-bond acceptors (Lipinski definition) is 4. The summed E-state index contributed by atoms with van der Waals surface area (Å²) < 4.78 is 5.56. The first kappa shape index (κ1) is 16.7. The number of hydrogen-bond donors (Lipinski definition) is 2. The van der Waals surface area contributed by atoms with E-state index in [0.717, 1.165) is 26.2 Å². The fourth-order valence-corrected chi connectivity index (χ4v) is 5.72. The zero-order chi connectivity index (χ0) is 18.1. The molecule has 2 N–H and O–H groups in total. The lowest BCUT2D eigenvalue weighted by atomic mass is 9.53. The first-order valence-electron chi connectivity index (χ1n) is 9.19. The van der Waals surface area contributed by atoms with E-state index in [2.05, 4.69) is 27.7 Å². The Morgan fingerprint density at radius 1 is 1.08 bits per heavy atom. The molecule has 7 nitrogen and oxygen atoms in total. The van der Waals surface area contributed by atoms with Crippen LogP contribution in [0.3, 0.4) is 0 Å². The third kappa shape index (κ3) is 2.02. The van der Waals surface area contributed by atoms with Crippen molar-refractivity contribution in [1.29, 1.82) is 0 Å². The quantitative estimate of drug-likeness (QED) is 0.585. The number of piperidine rings is 2. The van der Waals surface area contributed by atoms with Crippen LogP contribution in [0, 0.1) is 32.8 Å². The molecule has 0 atom stereocenters. The van der Waals surface area contributed by atoms with Gasteiger partial charge in [0, 0.05) is 6.07 Å². The molecule has 0 saturated carbocycles. The average molecular weight is 349 g/mol. The summed E-state index contributed by atoms with van der Waals surface area (Å²) >= 11 is 0. The molecule has 0 unspecified atom stereocenters. The molecule has 1 aromatic heterocycles. The van der Waals surface area contributed by atoms with Crippen LogP contribution in [0.1, 0.15) is 39.6 Å². The molecule has 0 spiro atoms. The number of quaternary nitrogens is 2. The van der Waals surface area contributed by atoms with Crippen molar-refractivity contribution in [2.75, 3.05) is 26.2 Å². The Hall–Kier alpha value is -1.73. The Bertz CT molecular complexity index is 692. The Morgan fingerprint density at radius 2 is 1.56 bits per heavy atom. The third-order valence-electron chi connectivity index (χ3n) is 7.18. The van der Waals surface area contributed by atoms with Crippen LogP contribution in [-0.4, -0.2) is 36.9 Å². The van der Waals surface area contributed by atoms with Crippen LogP contribution in [0.2, 0.25) is 0 Å². The van der Waals surface area contributed by atoms with Crippen molar-refractivity contribution in [2.45, 2.75) is 33.9 Å². The fraction of sp³-hybridized carbons (Fsp3) is 0.722. The van der Waals surface area contributed by atoms with Crippen molar-refractivity contribution in [2.24, 2.45) is 22.7 Å². The van der Waals surface area contributed by atoms with Crippen LogP contribution >= 0.6 is 0 Å². The highest BCUT2D eigenvalue weighted by Gasteiger charge is 2.73. The lowest BCUT2D eigenvalue weighted by Gasteiger charge is -2.62. The highest BCUT2D eigenvalue weighted by molar-refractivity contribution is 5.92. The van der Waals surface area contributed by atoms with Crippen molar-refractivity contribution in [3.63, 3.8) is 0 Å². The zero-order valence-corrected chi connectivity index (χ0v) is 15.3. The molecule has 1 aromatic rings. The molecule has 0 aromatic carbocycles. The van der Waals surface area contributed by atoms with Gasteiger partial charge in [-0.05, 0) is 11.8 Å². The van der Waals surface area contributed by atoms with Gasteiger partial charge in [0.2, 0.25) is 5.76 Å². The van der Waals surface area contributed by atoms with Gasteiger partial charge >= 0.3 is 5.88 Å². The number of carbonyl (C=O) groups excluding carboxylic acids is 1. The minimum atomic E-state index is -0.482. The molecule has 5 heterocycles. The molecular formula is C18H27N3O4+2. The smallest absolute Gasteiger partial charge is 0.392 e. The van der Waals surface area contributed by atoms with Crippen molar-refractivity contribution in [1.82, 2.24) is 0 Å². The minimum absolute atomic E-state index is 0.0561. The van der Waals surface area contributed by atoms with E-state index < -0.39 is 4.92 Å². The molecular weight excluding hydrogens is 322 g/mol. The van der Waals surface area contributed by atoms with Gasteiger partial charge in [-0.1, -0.05) is 27.7 Å². The SMILES string of the molecule is CC(C)C12C[NH+]3CC(C(C)C)(C[NH+](C1)C3c1ccc([N+](=O)[O-])o1)C2=O. The predicted molar refractivity (Wildman–Crippen MR) is 89.0 cm³/mol. The summed E-state index contributed by atoms with van der Waals surface area (Å²) in [5.41, 5.74) is -0.555. The third-order valence-corrected chi connectivity index (χ3v) is 7.18. The highest BCUT2D eigenvalue weighted by atomic mass is 16.6. The van der Waals surface area contributed by atoms with Gasteiger partial charge in [0.05, 0.1) is 6.07 Å². The molecule has 4 saturated heterocycles. The molecule has 4 aliphatic rings. The van der Waals surface area contributed by atoms with E-state index in [1.165, 1.54) is 15.9 Å². The lowest BCUT2D eigenvalue weighted by molar-refractivity contribution is -1.18. The second kappa shape index (κ2) is 5.14. The first-order valence-corrected chi connectivity index (χ1v) is 9.19. The van der Waals surface area contributed by atoms with E-state index in [4.69, 9.17) is 4.42 Å². The molecule has 5 rings (SSSR count). The van der Waals surface area contributed by atoms with E-state index in [1.54, 1.807) is 6.07 Å². The molecule has 0 aliphatic carbocycles. The summed E-state index contributed by atoms with van der Waals surface area (Å²) in [6, 6.07) is 3.19. The molecule has 7 heteroatoms. The van der Waals surface area contributed by atoms with Crippen LogP contribution in [0.15, 0.2) is 16.5 Å². The maximum Gasteiger partial charge on any atom is 0.433 e. The molecule has 4 fully saturated rings. The van der Waals surface area contributed by atoms with E-state index in [-0.39, 0.29) is 22.9 Å². The number of Topliss-reactive ketones (excluding diaryl/α,β-unsaturated/α-hetero) is 1. The van der Waals surface area contributed by atoms with E-state index >= 15 is 0 Å². The van der Waals surface area contributed by atoms with Gasteiger partial charge in [-0.25, -0.2) is 0 Å². The number of nitrogens with one attached hydrogen (secondary N) is 2. The maximum atomic E-state index is 13.5. The normalized spacial score (nSPS) is 39.6. The van der Waals surface area contributed by atoms with E-state index in [9.17, 15) is 14.9 Å². The standard InChI is InChI=1S/C18H25N3O4/c1-11(2)17-7-19-9-18(12(3)4,16(17)22)10-20(8-17)15(19)13-5-6-14(25-13)21(23)24/h5-6,11-12,15H,7-10H2,1-4H3/p+2. The number of rotatable bonds is 4. The Kier molecular flexibility index (Phi) is 3.44. The van der Waals surface area contributed by atoms with Crippen molar-refractivity contribution < 1.29 is 23.9 Å². The molecule has 0 radical (unpaired) electrons. The van der Waals surface area contributed by atoms with Crippen LogP contribution < -0.4 is 9.80 Å². The van der Waals surface area contributed by atoms with E-state index in [0.29, 0.717) is 23.4 Å². The molecule has 4 bridgehead atoms. The van der Waals surface area contributed by atoms with Gasteiger partial charge in [-0.15, -0.1) is 0 Å². The van der Waals surface area contributed by atoms with Gasteiger partial charge < -0.3 is 4.42 Å². The molecule has 0 amide bonds. The Labute approximate surface area is 147 Å². The van der Waals surface area contributed by atoms with Crippen molar-refractivity contribution >= 4 is 11.7 Å². The summed E-state index contributed by atoms with van der Waals surface area (Å²) in [5.74, 6) is 1.55.